The summed E-state index contributed by atoms with van der Waals surface area (Å²) in [7, 11) is 0. The number of hydrogen-bond donors (Lipinski definition) is 1. The van der Waals surface area contributed by atoms with Crippen LogP contribution in [0, 0.1) is 27.7 Å². The second kappa shape index (κ2) is 8.57. The summed E-state index contributed by atoms with van der Waals surface area (Å²) in [6, 6.07) is 7.03. The van der Waals surface area contributed by atoms with Gasteiger partial charge in [0.05, 0.1) is 0 Å². The molecule has 0 fully saturated rings. The summed E-state index contributed by atoms with van der Waals surface area (Å²) >= 11 is 0. The first kappa shape index (κ1) is 20.3. The average molecular weight is 355 g/mol. The molecular weight excluding hydrogens is 320 g/mol. The smallest absolute Gasteiger partial charge is 0.224 e. The van der Waals surface area contributed by atoms with Crippen LogP contribution in [0.15, 0.2) is 18.2 Å². The Morgan fingerprint density at radius 1 is 0.962 bits per heavy atom. The molecule has 142 valence electrons. The number of hydrogen-bond acceptors (Lipinski definition) is 3. The van der Waals surface area contributed by atoms with Gasteiger partial charge in [-0.2, -0.15) is 0 Å². The van der Waals surface area contributed by atoms with E-state index in [1.54, 1.807) is 0 Å². The highest BCUT2D eigenvalue weighted by Gasteiger charge is 2.15. The van der Waals surface area contributed by atoms with Crippen LogP contribution in [0.1, 0.15) is 74.4 Å². The van der Waals surface area contributed by atoms with Gasteiger partial charge in [-0.1, -0.05) is 39.8 Å². The third-order valence-corrected chi connectivity index (χ3v) is 5.05. The molecule has 0 aliphatic carbocycles. The first-order valence-electron chi connectivity index (χ1n) is 9.80. The van der Waals surface area contributed by atoms with Gasteiger partial charge in [-0.05, 0) is 69.2 Å². The molecule has 0 aliphatic rings. The molecule has 0 atom stereocenters. The number of nitrogens with zero attached hydrogens (tertiary/aromatic N) is 1. The monoisotopic (exact) mass is 354 g/mol. The normalized spacial score (nSPS) is 11.3. The van der Waals surface area contributed by atoms with E-state index in [-0.39, 0.29) is 0 Å². The Morgan fingerprint density at radius 2 is 1.54 bits per heavy atom. The minimum absolute atomic E-state index is 0.470. The number of aromatic nitrogens is 1. The molecule has 2 aromatic rings. The van der Waals surface area contributed by atoms with Gasteiger partial charge in [0, 0.05) is 23.0 Å². The summed E-state index contributed by atoms with van der Waals surface area (Å²) in [6.45, 7) is 17.2. The molecule has 0 aliphatic heterocycles. The van der Waals surface area contributed by atoms with Gasteiger partial charge in [-0.15, -0.1) is 0 Å². The highest BCUT2D eigenvalue weighted by atomic mass is 16.5. The molecule has 3 nitrogen and oxygen atoms in total. The number of rotatable bonds is 7. The fourth-order valence-corrected chi connectivity index (χ4v) is 3.25. The molecule has 26 heavy (non-hydrogen) atoms. The topological polar surface area (TPSA) is 34.2 Å². The predicted molar refractivity (Wildman–Crippen MR) is 112 cm³/mol. The number of aryl methyl sites for hydroxylation is 3. The summed E-state index contributed by atoms with van der Waals surface area (Å²) in [5.74, 6) is 2.13. The maximum Gasteiger partial charge on any atom is 0.224 e. The SMILES string of the molecule is CCC(CC)Nc1cc(C)nc(Oc2c(C)cc(C(C)C)cc2C)c1C. The lowest BCUT2D eigenvalue weighted by Gasteiger charge is -2.21. The minimum atomic E-state index is 0.470. The van der Waals surface area contributed by atoms with E-state index in [4.69, 9.17) is 4.74 Å². The highest BCUT2D eigenvalue weighted by Crippen LogP contribution is 2.34. The Balaban J connectivity index is 2.40. The maximum atomic E-state index is 6.32. The lowest BCUT2D eigenvalue weighted by molar-refractivity contribution is 0.450. The van der Waals surface area contributed by atoms with Gasteiger partial charge in [-0.25, -0.2) is 4.98 Å². The second-order valence-corrected chi connectivity index (χ2v) is 7.64. The first-order chi connectivity index (χ1) is 12.3. The molecular formula is C23H34N2O. The van der Waals surface area contributed by atoms with Crippen molar-refractivity contribution in [1.29, 1.82) is 0 Å². The van der Waals surface area contributed by atoms with Crippen LogP contribution in [0.25, 0.3) is 0 Å². The largest absolute Gasteiger partial charge is 0.438 e. The fourth-order valence-electron chi connectivity index (χ4n) is 3.25. The molecule has 1 aromatic heterocycles. The summed E-state index contributed by atoms with van der Waals surface area (Å²) in [4.78, 5) is 4.67. The van der Waals surface area contributed by atoms with Crippen molar-refractivity contribution < 1.29 is 4.74 Å². The molecule has 0 bridgehead atoms. The van der Waals surface area contributed by atoms with Gasteiger partial charge in [0.15, 0.2) is 0 Å². The van der Waals surface area contributed by atoms with Crippen molar-refractivity contribution in [1.82, 2.24) is 4.98 Å². The third-order valence-electron chi connectivity index (χ3n) is 5.05. The molecule has 0 radical (unpaired) electrons. The summed E-state index contributed by atoms with van der Waals surface area (Å²) < 4.78 is 6.32. The van der Waals surface area contributed by atoms with Crippen LogP contribution < -0.4 is 10.1 Å². The van der Waals surface area contributed by atoms with Crippen LogP contribution in [0.3, 0.4) is 0 Å². The van der Waals surface area contributed by atoms with E-state index < -0.39 is 0 Å². The van der Waals surface area contributed by atoms with E-state index in [1.165, 1.54) is 5.56 Å². The summed E-state index contributed by atoms with van der Waals surface area (Å²) in [5, 5.41) is 3.65. The van der Waals surface area contributed by atoms with Crippen molar-refractivity contribution >= 4 is 5.69 Å². The Hall–Kier alpha value is -2.03. The number of benzene rings is 1. The Morgan fingerprint density at radius 3 is 2.04 bits per heavy atom. The first-order valence-corrected chi connectivity index (χ1v) is 9.80. The van der Waals surface area contributed by atoms with Crippen molar-refractivity contribution in [2.45, 2.75) is 80.2 Å². The van der Waals surface area contributed by atoms with Gasteiger partial charge < -0.3 is 10.1 Å². The molecule has 1 heterocycles. The van der Waals surface area contributed by atoms with Gasteiger partial charge in [0.25, 0.3) is 0 Å². The number of pyridine rings is 1. The van der Waals surface area contributed by atoms with Crippen LogP contribution in [-0.4, -0.2) is 11.0 Å². The van der Waals surface area contributed by atoms with E-state index in [0.717, 1.165) is 46.7 Å². The summed E-state index contributed by atoms with van der Waals surface area (Å²) in [5.41, 5.74) is 6.81. The maximum absolute atomic E-state index is 6.32. The van der Waals surface area contributed by atoms with Crippen LogP contribution in [0.2, 0.25) is 0 Å². The van der Waals surface area contributed by atoms with E-state index >= 15 is 0 Å². The predicted octanol–water partition coefficient (Wildman–Crippen LogP) is 6.83. The van der Waals surface area contributed by atoms with Crippen molar-refractivity contribution in [2.24, 2.45) is 0 Å². The van der Waals surface area contributed by atoms with E-state index in [1.807, 2.05) is 6.92 Å². The number of nitrogens with one attached hydrogen (secondary N) is 1. The van der Waals surface area contributed by atoms with Gasteiger partial charge >= 0.3 is 0 Å². The molecule has 0 saturated carbocycles. The zero-order valence-electron chi connectivity index (χ0n) is 17.7. The Kier molecular flexibility index (Phi) is 6.69. The molecule has 2 rings (SSSR count). The summed E-state index contributed by atoms with van der Waals surface area (Å²) in [6.07, 6.45) is 2.20. The Bertz CT molecular complexity index is 738. The van der Waals surface area contributed by atoms with Gasteiger partial charge in [0.1, 0.15) is 5.75 Å². The average Bonchev–Trinajstić information content (AvgIpc) is 2.58. The van der Waals surface area contributed by atoms with Gasteiger partial charge in [0.2, 0.25) is 5.88 Å². The van der Waals surface area contributed by atoms with Crippen molar-refractivity contribution in [3.05, 3.63) is 46.1 Å². The molecule has 1 aromatic carbocycles. The van der Waals surface area contributed by atoms with Crippen molar-refractivity contribution in [3.63, 3.8) is 0 Å². The molecule has 1 N–H and O–H groups in total. The minimum Gasteiger partial charge on any atom is -0.438 e. The van der Waals surface area contributed by atoms with Crippen molar-refractivity contribution in [2.75, 3.05) is 5.32 Å². The van der Waals surface area contributed by atoms with Gasteiger partial charge in [-0.3, -0.25) is 0 Å². The highest BCUT2D eigenvalue weighted by molar-refractivity contribution is 5.57. The van der Waals surface area contributed by atoms with E-state index in [9.17, 15) is 0 Å². The molecule has 0 unspecified atom stereocenters. The van der Waals surface area contributed by atoms with Crippen molar-refractivity contribution in [3.8, 4) is 11.6 Å². The molecule has 0 amide bonds. The van der Waals surface area contributed by atoms with Crippen LogP contribution in [-0.2, 0) is 0 Å². The molecule has 0 saturated heterocycles. The fraction of sp³-hybridized carbons (Fsp3) is 0.522. The Labute approximate surface area is 159 Å². The van der Waals surface area contributed by atoms with Crippen LogP contribution >= 0.6 is 0 Å². The zero-order chi connectivity index (χ0) is 19.4. The quantitative estimate of drug-likeness (QED) is 0.591. The lowest BCUT2D eigenvalue weighted by Crippen LogP contribution is -2.18. The number of anilines is 1. The van der Waals surface area contributed by atoms with Crippen LogP contribution in [0.4, 0.5) is 5.69 Å². The number of ether oxygens (including phenoxy) is 1. The molecule has 3 heteroatoms. The third kappa shape index (κ3) is 4.57. The zero-order valence-corrected chi connectivity index (χ0v) is 17.7. The lowest BCUT2D eigenvalue weighted by atomic mass is 9.98. The van der Waals surface area contributed by atoms with Crippen LogP contribution in [0.5, 0.6) is 11.6 Å². The molecule has 0 spiro atoms. The van der Waals surface area contributed by atoms with E-state index in [0.29, 0.717) is 17.8 Å². The van der Waals surface area contributed by atoms with E-state index in [2.05, 4.69) is 77.0 Å². The second-order valence-electron chi connectivity index (χ2n) is 7.64. The standard InChI is InChI=1S/C23H34N2O/c1-9-20(10-2)25-21-13-17(7)24-23(18(21)8)26-22-15(5)11-19(14(3)4)12-16(22)6/h11-14,20H,9-10H2,1-8H3,(H,24,25).